The number of rotatable bonds is 1. The average Bonchev–Trinajstić information content (AvgIpc) is 1.96. The van der Waals surface area contributed by atoms with E-state index in [0.29, 0.717) is 5.56 Å². The van der Waals surface area contributed by atoms with Crippen molar-refractivity contribution in [2.45, 2.75) is 13.3 Å². The molecule has 0 amide bonds. The molecule has 1 aromatic carbocycles. The molecule has 4 heteroatoms. The molecule has 0 unspecified atom stereocenters. The summed E-state index contributed by atoms with van der Waals surface area (Å²) in [5.41, 5.74) is -0.0481. The molecular weight excluding hydrogens is 166 g/mol. The Hall–Kier alpha value is -1.32. The number of halogens is 2. The Bertz CT molecular complexity index is 297. The van der Waals surface area contributed by atoms with Crippen LogP contribution < -0.4 is 0 Å². The lowest BCUT2D eigenvalue weighted by molar-refractivity contribution is 0.146. The molecule has 0 aliphatic heterocycles. The maximum atomic E-state index is 12.1. The van der Waals surface area contributed by atoms with Crippen LogP contribution in [0.5, 0.6) is 11.5 Å². The molecule has 2 N–H and O–H groups in total. The van der Waals surface area contributed by atoms with Crippen molar-refractivity contribution in [1.82, 2.24) is 0 Å². The normalized spacial score (nSPS) is 10.7. The molecule has 66 valence electrons. The number of hydrogen-bond donors (Lipinski definition) is 2. The van der Waals surface area contributed by atoms with Crippen molar-refractivity contribution in [2.24, 2.45) is 0 Å². The molecule has 2 nitrogen and oxygen atoms in total. The predicted molar refractivity (Wildman–Crippen MR) is 39.5 cm³/mol. The van der Waals surface area contributed by atoms with Crippen LogP contribution in [0.25, 0.3) is 0 Å². The Labute approximate surface area is 68.1 Å². The lowest BCUT2D eigenvalue weighted by Gasteiger charge is -2.05. The van der Waals surface area contributed by atoms with Gasteiger partial charge in [0.1, 0.15) is 0 Å². The first kappa shape index (κ1) is 8.77. The summed E-state index contributed by atoms with van der Waals surface area (Å²) in [6.07, 6.45) is -2.77. The van der Waals surface area contributed by atoms with E-state index in [1.54, 1.807) is 6.92 Å². The predicted octanol–water partition coefficient (Wildman–Crippen LogP) is 2.34. The molecule has 0 aromatic heterocycles. The van der Waals surface area contributed by atoms with Crippen LogP contribution >= 0.6 is 0 Å². The number of aromatic hydroxyl groups is 2. The topological polar surface area (TPSA) is 40.5 Å². The van der Waals surface area contributed by atoms with Crippen molar-refractivity contribution < 1.29 is 19.0 Å². The zero-order valence-electron chi connectivity index (χ0n) is 6.38. The van der Waals surface area contributed by atoms with Gasteiger partial charge in [-0.15, -0.1) is 0 Å². The highest BCUT2D eigenvalue weighted by molar-refractivity contribution is 5.47. The van der Waals surface area contributed by atoms with Crippen LogP contribution in [0.4, 0.5) is 8.78 Å². The van der Waals surface area contributed by atoms with Crippen LogP contribution in [-0.4, -0.2) is 10.2 Å². The number of hydrogen-bond acceptors (Lipinski definition) is 2. The van der Waals surface area contributed by atoms with E-state index in [0.717, 1.165) is 6.07 Å². The van der Waals surface area contributed by atoms with Crippen molar-refractivity contribution in [1.29, 1.82) is 0 Å². The highest BCUT2D eigenvalue weighted by Gasteiger charge is 2.15. The molecule has 0 saturated carbocycles. The first-order valence-electron chi connectivity index (χ1n) is 3.33. The van der Waals surface area contributed by atoms with E-state index >= 15 is 0 Å². The lowest BCUT2D eigenvalue weighted by atomic mass is 10.1. The fourth-order valence-electron chi connectivity index (χ4n) is 0.954. The van der Waals surface area contributed by atoms with E-state index in [1.165, 1.54) is 6.07 Å². The average molecular weight is 174 g/mol. The summed E-state index contributed by atoms with van der Waals surface area (Å²) in [7, 11) is 0. The van der Waals surface area contributed by atoms with E-state index in [-0.39, 0.29) is 0 Å². The monoisotopic (exact) mass is 174 g/mol. The minimum atomic E-state index is -2.77. The first-order chi connectivity index (χ1) is 5.52. The first-order valence-corrected chi connectivity index (χ1v) is 3.33. The van der Waals surface area contributed by atoms with Gasteiger partial charge < -0.3 is 10.2 Å². The third-order valence-corrected chi connectivity index (χ3v) is 1.50. The Morgan fingerprint density at radius 1 is 1.25 bits per heavy atom. The summed E-state index contributed by atoms with van der Waals surface area (Å²) in [4.78, 5) is 0. The molecule has 0 spiro atoms. The van der Waals surface area contributed by atoms with Crippen LogP contribution in [0.2, 0.25) is 0 Å². The second-order valence-electron chi connectivity index (χ2n) is 2.52. The van der Waals surface area contributed by atoms with Gasteiger partial charge in [0.15, 0.2) is 11.5 Å². The molecule has 1 rings (SSSR count). The second-order valence-corrected chi connectivity index (χ2v) is 2.52. The molecule has 0 fully saturated rings. The third-order valence-electron chi connectivity index (χ3n) is 1.50. The second kappa shape index (κ2) is 2.97. The van der Waals surface area contributed by atoms with Gasteiger partial charge in [0.2, 0.25) is 0 Å². The van der Waals surface area contributed by atoms with Crippen molar-refractivity contribution in [3.8, 4) is 11.5 Å². The van der Waals surface area contributed by atoms with Gasteiger partial charge in [0.05, 0.1) is 5.56 Å². The highest BCUT2D eigenvalue weighted by Crippen LogP contribution is 2.36. The molecule has 0 saturated heterocycles. The summed E-state index contributed by atoms with van der Waals surface area (Å²) < 4.78 is 24.2. The van der Waals surface area contributed by atoms with Crippen LogP contribution in [0, 0.1) is 6.92 Å². The SMILES string of the molecule is Cc1cc(O)c(O)c(C(F)F)c1. The number of phenols is 2. The van der Waals surface area contributed by atoms with Crippen molar-refractivity contribution in [2.75, 3.05) is 0 Å². The minimum absolute atomic E-state index is 0.487. The van der Waals surface area contributed by atoms with Crippen LogP contribution in [0.1, 0.15) is 17.6 Å². The summed E-state index contributed by atoms with van der Waals surface area (Å²) in [6.45, 7) is 1.56. The van der Waals surface area contributed by atoms with Gasteiger partial charge >= 0.3 is 0 Å². The highest BCUT2D eigenvalue weighted by atomic mass is 19.3. The Balaban J connectivity index is 3.28. The van der Waals surface area contributed by atoms with Gasteiger partial charge in [-0.05, 0) is 24.6 Å². The lowest BCUT2D eigenvalue weighted by Crippen LogP contribution is -1.87. The molecule has 12 heavy (non-hydrogen) atoms. The molecule has 1 aromatic rings. The molecule has 0 atom stereocenters. The molecule has 0 bridgehead atoms. The smallest absolute Gasteiger partial charge is 0.267 e. The van der Waals surface area contributed by atoms with Gasteiger partial charge in [-0.25, -0.2) is 8.78 Å². The van der Waals surface area contributed by atoms with Crippen molar-refractivity contribution in [3.63, 3.8) is 0 Å². The fourth-order valence-corrected chi connectivity index (χ4v) is 0.954. The third kappa shape index (κ3) is 1.47. The molecule has 0 aliphatic carbocycles. The van der Waals surface area contributed by atoms with Gasteiger partial charge in [-0.2, -0.15) is 0 Å². The maximum Gasteiger partial charge on any atom is 0.267 e. The molecule has 0 heterocycles. The molecule has 0 aliphatic rings. The summed E-state index contributed by atoms with van der Waals surface area (Å²) in [6, 6.07) is 2.36. The number of benzene rings is 1. The molecule has 0 radical (unpaired) electrons. The largest absolute Gasteiger partial charge is 0.504 e. The van der Waals surface area contributed by atoms with Crippen LogP contribution in [-0.2, 0) is 0 Å². The van der Waals surface area contributed by atoms with E-state index in [9.17, 15) is 8.78 Å². The Morgan fingerprint density at radius 3 is 2.33 bits per heavy atom. The van der Waals surface area contributed by atoms with Gasteiger partial charge in [-0.1, -0.05) is 0 Å². The summed E-state index contributed by atoms with van der Waals surface area (Å²) in [5.74, 6) is -1.25. The quantitative estimate of drug-likeness (QED) is 0.641. The summed E-state index contributed by atoms with van der Waals surface area (Å²) in [5, 5.41) is 17.9. The van der Waals surface area contributed by atoms with E-state index in [1.807, 2.05) is 0 Å². The Kier molecular flexibility index (Phi) is 2.17. The van der Waals surface area contributed by atoms with Crippen LogP contribution in [0.3, 0.4) is 0 Å². The van der Waals surface area contributed by atoms with Gasteiger partial charge in [0.25, 0.3) is 6.43 Å². The van der Waals surface area contributed by atoms with E-state index in [2.05, 4.69) is 0 Å². The zero-order valence-corrected chi connectivity index (χ0v) is 6.38. The van der Waals surface area contributed by atoms with Crippen molar-refractivity contribution in [3.05, 3.63) is 23.3 Å². The van der Waals surface area contributed by atoms with Gasteiger partial charge in [0, 0.05) is 0 Å². The van der Waals surface area contributed by atoms with E-state index < -0.39 is 23.5 Å². The van der Waals surface area contributed by atoms with E-state index in [4.69, 9.17) is 10.2 Å². The standard InChI is InChI=1S/C8H8F2O2/c1-4-2-5(8(9)10)7(12)6(11)3-4/h2-3,8,11-12H,1H3. The Morgan fingerprint density at radius 2 is 1.83 bits per heavy atom. The minimum Gasteiger partial charge on any atom is -0.504 e. The summed E-state index contributed by atoms with van der Waals surface area (Å²) >= 11 is 0. The number of phenolic OH excluding ortho intramolecular Hbond substituents is 2. The van der Waals surface area contributed by atoms with Crippen LogP contribution in [0.15, 0.2) is 12.1 Å². The molecular formula is C8H8F2O2. The maximum absolute atomic E-state index is 12.1. The number of aryl methyl sites for hydroxylation is 1. The van der Waals surface area contributed by atoms with Gasteiger partial charge in [-0.3, -0.25) is 0 Å². The zero-order chi connectivity index (χ0) is 9.30. The van der Waals surface area contributed by atoms with Crippen molar-refractivity contribution >= 4 is 0 Å². The fraction of sp³-hybridized carbons (Fsp3) is 0.250. The number of alkyl halides is 2.